The number of rotatable bonds is 5. The van der Waals surface area contributed by atoms with E-state index in [0.29, 0.717) is 9.13 Å². The second kappa shape index (κ2) is 6.97. The average Bonchev–Trinajstić information content (AvgIpc) is 2.37. The van der Waals surface area contributed by atoms with Crippen LogP contribution >= 0.6 is 0 Å². The Morgan fingerprint density at radius 3 is 2.67 bits per heavy atom. The Balaban J connectivity index is 2.81. The predicted octanol–water partition coefficient (Wildman–Crippen LogP) is -1.63. The number of carboxylic acid groups (broad SMARTS) is 1. The number of carbonyl (C=O) groups is 2. The van der Waals surface area contributed by atoms with Gasteiger partial charge in [-0.15, -0.1) is 0 Å². The van der Waals surface area contributed by atoms with E-state index in [-0.39, 0.29) is 12.2 Å². The summed E-state index contributed by atoms with van der Waals surface area (Å²) >= 11 is -1.07. The molecule has 1 atom stereocenters. The number of hydrogen-bond donors (Lipinski definition) is 3. The van der Waals surface area contributed by atoms with E-state index >= 15 is 0 Å². The Hall–Kier alpha value is -1.51. The molecule has 3 N–H and O–H groups in total. The molecule has 0 saturated carbocycles. The Morgan fingerprint density at radius 2 is 2.14 bits per heavy atom. The standard InChI is InChI=1S/C14H19INO5/c1-14(2,3)21-13(20)16-10(12(18)19)7-8-4-5-11(17)9(15)6-8/h4-6,10,15,17H,7H2,1-3H3,(H,16,20)(H,18,19)/q-1/t10-/m0/s1/i15D. The molecule has 0 aromatic heterocycles. The molecule has 0 saturated heterocycles. The fourth-order valence-electron chi connectivity index (χ4n) is 1.56. The number of benzene rings is 1. The predicted molar refractivity (Wildman–Crippen MR) is 72.7 cm³/mol. The fraction of sp³-hybridized carbons (Fsp3) is 0.429. The van der Waals surface area contributed by atoms with Crippen molar-refractivity contribution in [1.82, 2.24) is 5.32 Å². The number of carboxylic acids is 1. The molecule has 21 heavy (non-hydrogen) atoms. The maximum absolute atomic E-state index is 11.7. The van der Waals surface area contributed by atoms with E-state index < -0.39 is 46.1 Å². The summed E-state index contributed by atoms with van der Waals surface area (Å²) in [6.45, 7) is 5.06. The van der Waals surface area contributed by atoms with Gasteiger partial charge in [0.15, 0.2) is 0 Å². The van der Waals surface area contributed by atoms with Gasteiger partial charge in [-0.05, 0) is 0 Å². The number of phenolic OH excluding ortho intramolecular Hbond substituents is 1. The van der Waals surface area contributed by atoms with E-state index in [1.807, 2.05) is 0 Å². The van der Waals surface area contributed by atoms with Crippen LogP contribution in [0.3, 0.4) is 0 Å². The van der Waals surface area contributed by atoms with Crippen molar-refractivity contribution in [3.63, 3.8) is 0 Å². The molecule has 1 rings (SSSR count). The van der Waals surface area contributed by atoms with Crippen LogP contribution in [0.2, 0.25) is 0 Å². The zero-order valence-electron chi connectivity index (χ0n) is 13.0. The Kier molecular flexibility index (Phi) is 5.27. The van der Waals surface area contributed by atoms with Gasteiger partial charge in [0.25, 0.3) is 0 Å². The number of halogens is 1. The van der Waals surface area contributed by atoms with Crippen LogP contribution in [0, 0.1) is 3.57 Å². The number of ether oxygens (including phenoxy) is 1. The summed E-state index contributed by atoms with van der Waals surface area (Å²) in [7, 11) is 0. The van der Waals surface area contributed by atoms with Crippen LogP contribution in [-0.4, -0.2) is 34.5 Å². The first-order chi connectivity index (χ1) is 10.1. The molecule has 0 unspecified atom stereocenters. The molecule has 1 aromatic rings. The van der Waals surface area contributed by atoms with Crippen molar-refractivity contribution in [2.24, 2.45) is 0 Å². The Labute approximate surface area is 137 Å². The number of carbonyl (C=O) groups excluding carboxylic acids is 1. The summed E-state index contributed by atoms with van der Waals surface area (Å²) in [6.07, 6.45) is -0.752. The third-order valence-corrected chi connectivity index (χ3v) is 3.31. The summed E-state index contributed by atoms with van der Waals surface area (Å²) < 4.78 is 13.0. The maximum atomic E-state index is 11.7. The first-order valence-electron chi connectivity index (χ1n) is 6.66. The van der Waals surface area contributed by atoms with Crippen LogP contribution < -0.4 is 27.7 Å². The number of amides is 1. The number of aliphatic carboxylic acids is 1. The van der Waals surface area contributed by atoms with Crippen molar-refractivity contribution in [2.75, 3.05) is 0 Å². The van der Waals surface area contributed by atoms with Crippen molar-refractivity contribution in [2.45, 2.75) is 38.8 Å². The summed E-state index contributed by atoms with van der Waals surface area (Å²) in [5.41, 5.74) is -0.0858. The molecular weight excluding hydrogens is 389 g/mol. The monoisotopic (exact) mass is 409 g/mol. The van der Waals surface area contributed by atoms with Gasteiger partial charge in [0.05, 0.1) is 0 Å². The molecule has 7 heteroatoms. The molecule has 0 radical (unpaired) electrons. The molecule has 0 aliphatic heterocycles. The summed E-state index contributed by atoms with van der Waals surface area (Å²) in [5.74, 6) is -1.14. The van der Waals surface area contributed by atoms with Crippen molar-refractivity contribution in [3.8, 4) is 5.75 Å². The van der Waals surface area contributed by atoms with Gasteiger partial charge in [-0.25, -0.2) is 0 Å². The van der Waals surface area contributed by atoms with Crippen molar-refractivity contribution in [1.29, 1.82) is 0.594 Å². The SMILES string of the molecule is [2H][I-]c1cc(C[C@H](NC(=O)OC(C)(C)C)C(=O)O)ccc1O. The molecule has 0 aliphatic rings. The molecule has 0 heterocycles. The minimum absolute atomic E-state index is 0.0403. The molecule has 0 spiro atoms. The second-order valence-corrected chi connectivity index (χ2v) is 6.69. The number of alkyl carbamates (subject to hydrolysis) is 1. The van der Waals surface area contributed by atoms with Crippen LogP contribution in [-0.2, 0) is 16.0 Å². The second-order valence-electron chi connectivity index (χ2n) is 5.53. The van der Waals surface area contributed by atoms with Gasteiger partial charge in [0.2, 0.25) is 0 Å². The topological polar surface area (TPSA) is 95.9 Å². The number of hydrogen-bond acceptors (Lipinski definition) is 4. The summed E-state index contributed by atoms with van der Waals surface area (Å²) in [5, 5.41) is 21.1. The van der Waals surface area contributed by atoms with Crippen LogP contribution in [0.25, 0.3) is 0 Å². The van der Waals surface area contributed by atoms with Gasteiger partial charge in [-0.3, -0.25) is 0 Å². The normalized spacial score (nSPS) is 13.4. The molecule has 118 valence electrons. The van der Waals surface area contributed by atoms with E-state index in [1.54, 1.807) is 32.9 Å². The molecule has 1 amide bonds. The van der Waals surface area contributed by atoms with Gasteiger partial charge in [0.1, 0.15) is 0 Å². The molecule has 1 aromatic carbocycles. The Bertz CT molecular complexity index is 559. The van der Waals surface area contributed by atoms with E-state index in [9.17, 15) is 19.8 Å². The minimum atomic E-state index is -1.18. The molecular formula is C14H19INO5-. The number of phenols is 1. The summed E-state index contributed by atoms with van der Waals surface area (Å²) in [4.78, 5) is 23.0. The van der Waals surface area contributed by atoms with Gasteiger partial charge >= 0.3 is 137 Å². The molecule has 0 fully saturated rings. The van der Waals surface area contributed by atoms with Gasteiger partial charge in [-0.2, -0.15) is 0 Å². The molecule has 0 aliphatic carbocycles. The van der Waals surface area contributed by atoms with Crippen LogP contribution in [0.5, 0.6) is 5.75 Å². The van der Waals surface area contributed by atoms with Gasteiger partial charge in [-0.1, -0.05) is 0 Å². The van der Waals surface area contributed by atoms with Crippen molar-refractivity contribution >= 4 is 12.1 Å². The van der Waals surface area contributed by atoms with E-state index in [1.165, 1.54) is 6.07 Å². The van der Waals surface area contributed by atoms with E-state index in [0.717, 1.165) is 0 Å². The van der Waals surface area contributed by atoms with E-state index in [2.05, 4.69) is 5.32 Å². The first-order valence-corrected chi connectivity index (χ1v) is 7.36. The molecule has 6 nitrogen and oxygen atoms in total. The van der Waals surface area contributed by atoms with E-state index in [4.69, 9.17) is 5.33 Å². The van der Waals surface area contributed by atoms with Gasteiger partial charge < -0.3 is 0 Å². The van der Waals surface area contributed by atoms with Crippen LogP contribution in [0.1, 0.15) is 26.3 Å². The quantitative estimate of drug-likeness (QED) is 0.508. The fourth-order valence-corrected chi connectivity index (χ4v) is 2.14. The number of nitrogens with one attached hydrogen (secondary N) is 1. The zero-order chi connectivity index (χ0) is 16.9. The van der Waals surface area contributed by atoms with Crippen LogP contribution in [0.4, 0.5) is 4.79 Å². The van der Waals surface area contributed by atoms with Crippen molar-refractivity contribution < 1.29 is 46.9 Å². The summed E-state index contributed by atoms with van der Waals surface area (Å²) in [6, 6.07) is 3.47. The van der Waals surface area contributed by atoms with Crippen molar-refractivity contribution in [3.05, 3.63) is 27.3 Å². The average molecular weight is 409 g/mol. The van der Waals surface area contributed by atoms with Crippen LogP contribution in [0.15, 0.2) is 18.2 Å². The third kappa shape index (κ3) is 6.19. The zero-order valence-corrected chi connectivity index (χ0v) is 14.2. The first kappa shape index (κ1) is 15.9. The number of aromatic hydroxyl groups is 1. The third-order valence-electron chi connectivity index (χ3n) is 2.44. The molecule has 0 bridgehead atoms. The van der Waals surface area contributed by atoms with Gasteiger partial charge in [0, 0.05) is 0 Å². The Morgan fingerprint density at radius 1 is 1.48 bits per heavy atom.